The predicted molar refractivity (Wildman–Crippen MR) is 125 cm³/mol. The lowest BCUT2D eigenvalue weighted by atomic mass is 9.86. The molecule has 1 atom stereocenters. The van der Waals surface area contributed by atoms with Gasteiger partial charge in [0.15, 0.2) is 11.5 Å². The summed E-state index contributed by atoms with van der Waals surface area (Å²) >= 11 is 0. The summed E-state index contributed by atoms with van der Waals surface area (Å²) in [5.41, 5.74) is 3.24. The van der Waals surface area contributed by atoms with Crippen molar-refractivity contribution in [2.45, 2.75) is 45.1 Å². The summed E-state index contributed by atoms with van der Waals surface area (Å²) in [6, 6.07) is 11.9. The third-order valence-corrected chi connectivity index (χ3v) is 6.25. The van der Waals surface area contributed by atoms with Gasteiger partial charge in [0.25, 0.3) is 0 Å². The maximum Gasteiger partial charge on any atom is 0.338 e. The van der Waals surface area contributed by atoms with Crippen molar-refractivity contribution in [2.75, 3.05) is 41.0 Å². The molecule has 0 amide bonds. The van der Waals surface area contributed by atoms with Gasteiger partial charge in [-0.1, -0.05) is 19.1 Å². The van der Waals surface area contributed by atoms with Crippen molar-refractivity contribution in [1.29, 1.82) is 0 Å². The second kappa shape index (κ2) is 11.8. The zero-order valence-corrected chi connectivity index (χ0v) is 19.7. The number of carbonyl (C=O) groups excluding carboxylic acids is 1. The molecule has 1 aliphatic carbocycles. The van der Waals surface area contributed by atoms with E-state index in [2.05, 4.69) is 30.0 Å². The molecule has 0 bridgehead atoms. The van der Waals surface area contributed by atoms with Gasteiger partial charge < -0.3 is 23.8 Å². The van der Waals surface area contributed by atoms with Gasteiger partial charge in [0, 0.05) is 6.04 Å². The molecular formula is C26H35NO5. The monoisotopic (exact) mass is 441 g/mol. The Kier molecular flexibility index (Phi) is 8.80. The molecule has 1 unspecified atom stereocenters. The smallest absolute Gasteiger partial charge is 0.338 e. The van der Waals surface area contributed by atoms with Gasteiger partial charge in [-0.05, 0) is 80.6 Å². The number of unbranched alkanes of at least 4 members (excludes halogenated alkanes) is 1. The summed E-state index contributed by atoms with van der Waals surface area (Å²) in [6.45, 7) is 4.64. The van der Waals surface area contributed by atoms with Crippen molar-refractivity contribution in [1.82, 2.24) is 4.90 Å². The Bertz CT molecular complexity index is 884. The van der Waals surface area contributed by atoms with Crippen LogP contribution in [0.3, 0.4) is 0 Å². The van der Waals surface area contributed by atoms with Crippen LogP contribution in [0.1, 0.15) is 47.7 Å². The zero-order valence-electron chi connectivity index (χ0n) is 19.7. The van der Waals surface area contributed by atoms with Gasteiger partial charge in [-0.15, -0.1) is 0 Å². The fraction of sp³-hybridized carbons (Fsp3) is 0.500. The number of esters is 1. The first-order valence-corrected chi connectivity index (χ1v) is 11.4. The van der Waals surface area contributed by atoms with E-state index in [1.807, 2.05) is 0 Å². The van der Waals surface area contributed by atoms with Crippen molar-refractivity contribution >= 4 is 5.97 Å². The molecule has 6 heteroatoms. The standard InChI is InChI=1S/C26H35NO5/c1-5-27(21-13-11-19-9-8-10-23(29-2)22(19)18-21)15-6-7-16-32-26(28)20-12-14-24(30-3)25(17-20)31-4/h8-10,12,14,17,21H,5-7,11,13,15-16,18H2,1-4H3. The Morgan fingerprint density at radius 1 is 1.00 bits per heavy atom. The molecule has 0 saturated carbocycles. The highest BCUT2D eigenvalue weighted by Crippen LogP contribution is 2.31. The molecule has 2 aromatic rings. The summed E-state index contributed by atoms with van der Waals surface area (Å²) in [5, 5.41) is 0. The summed E-state index contributed by atoms with van der Waals surface area (Å²) < 4.78 is 21.5. The third kappa shape index (κ3) is 5.74. The maximum absolute atomic E-state index is 12.3. The number of benzene rings is 2. The zero-order chi connectivity index (χ0) is 22.9. The number of hydrogen-bond acceptors (Lipinski definition) is 6. The molecule has 0 saturated heterocycles. The highest BCUT2D eigenvalue weighted by Gasteiger charge is 2.25. The van der Waals surface area contributed by atoms with Crippen LogP contribution in [0.4, 0.5) is 0 Å². The molecule has 0 heterocycles. The van der Waals surface area contributed by atoms with E-state index in [0.29, 0.717) is 29.7 Å². The average molecular weight is 442 g/mol. The van der Waals surface area contributed by atoms with Gasteiger partial charge in [0.05, 0.1) is 33.5 Å². The number of carbonyl (C=O) groups is 1. The van der Waals surface area contributed by atoms with E-state index in [-0.39, 0.29) is 5.97 Å². The molecule has 174 valence electrons. The Hall–Kier alpha value is -2.73. The van der Waals surface area contributed by atoms with Crippen LogP contribution in [-0.2, 0) is 17.6 Å². The highest BCUT2D eigenvalue weighted by atomic mass is 16.5. The molecule has 0 fully saturated rings. The number of hydrogen-bond donors (Lipinski definition) is 0. The number of methoxy groups -OCH3 is 3. The van der Waals surface area contributed by atoms with Crippen LogP contribution in [0, 0.1) is 0 Å². The average Bonchev–Trinajstić information content (AvgIpc) is 2.84. The molecule has 0 spiro atoms. The Balaban J connectivity index is 1.45. The van der Waals surface area contributed by atoms with Crippen molar-refractivity contribution in [3.63, 3.8) is 0 Å². The second-order valence-corrected chi connectivity index (χ2v) is 8.04. The molecule has 0 radical (unpaired) electrons. The van der Waals surface area contributed by atoms with Crippen LogP contribution >= 0.6 is 0 Å². The molecule has 0 N–H and O–H groups in total. The van der Waals surface area contributed by atoms with Crippen molar-refractivity contribution in [3.05, 3.63) is 53.1 Å². The van der Waals surface area contributed by atoms with Crippen LogP contribution < -0.4 is 14.2 Å². The molecular weight excluding hydrogens is 406 g/mol. The topological polar surface area (TPSA) is 57.2 Å². The van der Waals surface area contributed by atoms with E-state index >= 15 is 0 Å². The van der Waals surface area contributed by atoms with Crippen LogP contribution in [-0.4, -0.2) is 57.9 Å². The molecule has 0 aliphatic heterocycles. The lowest BCUT2D eigenvalue weighted by molar-refractivity contribution is 0.0492. The second-order valence-electron chi connectivity index (χ2n) is 8.04. The Morgan fingerprint density at radius 2 is 1.78 bits per heavy atom. The number of aryl methyl sites for hydroxylation is 1. The van der Waals surface area contributed by atoms with Gasteiger partial charge in [-0.25, -0.2) is 4.79 Å². The maximum atomic E-state index is 12.3. The van der Waals surface area contributed by atoms with Crippen molar-refractivity contribution < 1.29 is 23.7 Å². The first kappa shape index (κ1) is 23.9. The summed E-state index contributed by atoms with van der Waals surface area (Å²) in [7, 11) is 4.87. The first-order valence-electron chi connectivity index (χ1n) is 11.4. The molecule has 32 heavy (non-hydrogen) atoms. The van der Waals surface area contributed by atoms with Crippen LogP contribution in [0.2, 0.25) is 0 Å². The van der Waals surface area contributed by atoms with Gasteiger partial charge in [-0.2, -0.15) is 0 Å². The Labute approximate surface area is 191 Å². The number of rotatable bonds is 11. The number of fused-ring (bicyclic) bond motifs is 1. The lowest BCUT2D eigenvalue weighted by Gasteiger charge is -2.35. The van der Waals surface area contributed by atoms with Crippen molar-refractivity contribution in [3.8, 4) is 17.2 Å². The normalized spacial score (nSPS) is 15.2. The fourth-order valence-corrected chi connectivity index (χ4v) is 4.47. The minimum atomic E-state index is -0.339. The minimum Gasteiger partial charge on any atom is -0.496 e. The quantitative estimate of drug-likeness (QED) is 0.377. The summed E-state index contributed by atoms with van der Waals surface area (Å²) in [6.07, 6.45) is 5.12. The van der Waals surface area contributed by atoms with Gasteiger partial charge in [-0.3, -0.25) is 0 Å². The molecule has 6 nitrogen and oxygen atoms in total. The van der Waals surface area contributed by atoms with Crippen LogP contribution in [0.15, 0.2) is 36.4 Å². The predicted octanol–water partition coefficient (Wildman–Crippen LogP) is 4.53. The van der Waals surface area contributed by atoms with E-state index < -0.39 is 0 Å². The fourth-order valence-electron chi connectivity index (χ4n) is 4.47. The molecule has 0 aromatic heterocycles. The third-order valence-electron chi connectivity index (χ3n) is 6.25. The SMILES string of the molecule is CCN(CCCCOC(=O)c1ccc(OC)c(OC)c1)C1CCc2cccc(OC)c2C1. The van der Waals surface area contributed by atoms with Gasteiger partial charge in [0.2, 0.25) is 0 Å². The minimum absolute atomic E-state index is 0.339. The van der Waals surface area contributed by atoms with E-state index in [4.69, 9.17) is 18.9 Å². The molecule has 3 rings (SSSR count). The first-order chi connectivity index (χ1) is 15.6. The van der Waals surface area contributed by atoms with E-state index in [0.717, 1.165) is 44.5 Å². The van der Waals surface area contributed by atoms with E-state index in [9.17, 15) is 4.79 Å². The van der Waals surface area contributed by atoms with Crippen LogP contribution in [0.25, 0.3) is 0 Å². The lowest BCUT2D eigenvalue weighted by Crippen LogP contribution is -2.40. The molecule has 2 aromatic carbocycles. The van der Waals surface area contributed by atoms with Crippen LogP contribution in [0.5, 0.6) is 17.2 Å². The van der Waals surface area contributed by atoms with Gasteiger partial charge in [0.1, 0.15) is 5.75 Å². The van der Waals surface area contributed by atoms with Gasteiger partial charge >= 0.3 is 5.97 Å². The van der Waals surface area contributed by atoms with Crippen molar-refractivity contribution in [2.24, 2.45) is 0 Å². The number of nitrogens with zero attached hydrogens (tertiary/aromatic N) is 1. The summed E-state index contributed by atoms with van der Waals surface area (Å²) in [5.74, 6) is 1.78. The Morgan fingerprint density at radius 3 is 2.50 bits per heavy atom. The van der Waals surface area contributed by atoms with E-state index in [1.54, 1.807) is 39.5 Å². The summed E-state index contributed by atoms with van der Waals surface area (Å²) in [4.78, 5) is 14.9. The number of ether oxygens (including phenoxy) is 4. The number of likely N-dealkylation sites (N-methyl/N-ethyl adjacent to an activating group) is 1. The van der Waals surface area contributed by atoms with E-state index in [1.165, 1.54) is 17.5 Å². The highest BCUT2D eigenvalue weighted by molar-refractivity contribution is 5.90. The largest absolute Gasteiger partial charge is 0.496 e. The molecule has 1 aliphatic rings.